The minimum Gasteiger partial charge on any atom is -1.00 e. The molecule has 0 spiro atoms. The number of allylic oxidation sites excluding steroid dienone is 1. The Bertz CT molecular complexity index is 1410. The van der Waals surface area contributed by atoms with Gasteiger partial charge in [-0.3, -0.25) is 0 Å². The number of hydrogen-bond acceptors (Lipinski definition) is 1. The van der Waals surface area contributed by atoms with Crippen LogP contribution in [-0.2, 0) is 26.2 Å². The van der Waals surface area contributed by atoms with Crippen LogP contribution in [0.5, 0.6) is 0 Å². The van der Waals surface area contributed by atoms with Crippen molar-refractivity contribution in [2.45, 2.75) is 59.0 Å². The maximum absolute atomic E-state index is 2.52. The van der Waals surface area contributed by atoms with Crippen molar-refractivity contribution in [2.75, 3.05) is 0 Å². The molecule has 3 heterocycles. The molecule has 1 unspecified atom stereocenters. The summed E-state index contributed by atoms with van der Waals surface area (Å²) in [7, 11) is -2.20. The van der Waals surface area contributed by atoms with Crippen LogP contribution in [0.2, 0.25) is 32.7 Å². The van der Waals surface area contributed by atoms with E-state index in [1.807, 2.05) is 11.3 Å². The molecule has 0 nitrogen and oxygen atoms in total. The molecule has 6 heteroatoms. The Hall–Kier alpha value is -0.613. The molecule has 2 bridgehead atoms. The number of hydrogen-bond donors (Lipinski definition) is 0. The molecule has 1 atom stereocenters. The molecule has 0 saturated heterocycles. The van der Waals surface area contributed by atoms with Crippen LogP contribution in [-0.4, -0.2) is 16.1 Å². The largest absolute Gasteiger partial charge is 3.00 e. The quantitative estimate of drug-likeness (QED) is 0.233. The van der Waals surface area contributed by atoms with Gasteiger partial charge in [-0.05, 0) is 31.0 Å². The summed E-state index contributed by atoms with van der Waals surface area (Å²) in [5.74, 6) is 0. The fourth-order valence-electron chi connectivity index (χ4n) is 6.07. The molecule has 7 rings (SSSR count). The molecule has 187 valence electrons. The molecule has 1 aromatic heterocycles. The molecule has 0 amide bonds. The van der Waals surface area contributed by atoms with Crippen LogP contribution in [0, 0.1) is 13.8 Å². The second-order valence-corrected chi connectivity index (χ2v) is 22.4. The minimum atomic E-state index is -1.21. The standard InChI is InChI=1S/C19H21Si.C11H14SSi.2ClH.Zr/c1-14-12-16-6-5-7-18(19(16)13-14)15-8-10-17(11-9-15)20(2,3)4;1-6-5-8-9(12-6)11-7(2)10(8)13(11,3)4;;;/h5-13H,1-4H3;5,11H,1-4H3;2*1H;/q-1;;;;+3/p-2. The van der Waals surface area contributed by atoms with Gasteiger partial charge in [-0.15, -0.1) is 45.9 Å². The van der Waals surface area contributed by atoms with Crippen molar-refractivity contribution in [3.63, 3.8) is 0 Å². The maximum Gasteiger partial charge on any atom is 3.00 e. The van der Waals surface area contributed by atoms with Gasteiger partial charge in [0.05, 0.1) is 16.1 Å². The van der Waals surface area contributed by atoms with Gasteiger partial charge in [0.2, 0.25) is 0 Å². The fraction of sp³-hybridized carbons (Fsp3) is 0.300. The molecule has 1 aliphatic carbocycles. The van der Waals surface area contributed by atoms with Crippen molar-refractivity contribution in [3.8, 4) is 11.1 Å². The molecule has 2 aliphatic heterocycles. The van der Waals surface area contributed by atoms with Crippen LogP contribution in [0.3, 0.4) is 0 Å². The monoisotopic (exact) mass is 643 g/mol. The summed E-state index contributed by atoms with van der Waals surface area (Å²) in [6, 6.07) is 22.7. The average molecular weight is 646 g/mol. The van der Waals surface area contributed by atoms with E-state index in [9.17, 15) is 0 Å². The Kier molecular flexibility index (Phi) is 9.87. The fourth-order valence-corrected chi connectivity index (χ4v) is 13.6. The summed E-state index contributed by atoms with van der Waals surface area (Å²) >= 11 is 2.03. The van der Waals surface area contributed by atoms with Crippen molar-refractivity contribution >= 4 is 48.6 Å². The molecule has 1 radical (unpaired) electrons. The smallest absolute Gasteiger partial charge is 1.00 e. The molecule has 3 aromatic carbocycles. The second kappa shape index (κ2) is 11.2. The van der Waals surface area contributed by atoms with E-state index in [0.717, 1.165) is 5.54 Å². The van der Waals surface area contributed by atoms with Crippen LogP contribution in [0.1, 0.15) is 33.3 Å². The van der Waals surface area contributed by atoms with E-state index in [2.05, 4.69) is 114 Å². The number of rotatable bonds is 2. The van der Waals surface area contributed by atoms with Crippen molar-refractivity contribution in [3.05, 3.63) is 87.1 Å². The third kappa shape index (κ3) is 5.29. The van der Waals surface area contributed by atoms with Gasteiger partial charge < -0.3 is 24.8 Å². The molecule has 0 N–H and O–H groups in total. The zero-order chi connectivity index (χ0) is 23.7. The third-order valence-corrected chi connectivity index (χ3v) is 15.1. The number of thiophene rings is 1. The van der Waals surface area contributed by atoms with Gasteiger partial charge in [0.15, 0.2) is 0 Å². The van der Waals surface area contributed by atoms with E-state index >= 15 is 0 Å². The van der Waals surface area contributed by atoms with Crippen LogP contribution < -0.4 is 30.0 Å². The molecule has 0 fully saturated rings. The second-order valence-electron chi connectivity index (χ2n) is 11.5. The summed E-state index contributed by atoms with van der Waals surface area (Å²) in [6.45, 7) is 18.9. The Balaban J connectivity index is 0.000000250. The molecular weight excluding hydrogens is 611 g/mol. The molecule has 0 saturated carbocycles. The third-order valence-electron chi connectivity index (χ3n) is 7.57. The topological polar surface area (TPSA) is 0 Å². The van der Waals surface area contributed by atoms with E-state index in [4.69, 9.17) is 0 Å². The molecule has 3 aliphatic rings. The van der Waals surface area contributed by atoms with Crippen LogP contribution in [0.15, 0.2) is 66.2 Å². The number of halogens is 2. The van der Waals surface area contributed by atoms with E-state index in [-0.39, 0.29) is 51.0 Å². The summed E-state index contributed by atoms with van der Waals surface area (Å²) in [4.78, 5) is 3.19. The summed E-state index contributed by atoms with van der Waals surface area (Å²) in [5.41, 5.74) is 8.21. The van der Waals surface area contributed by atoms with Crippen molar-refractivity contribution in [1.29, 1.82) is 0 Å². The Morgan fingerprint density at radius 3 is 2.06 bits per heavy atom. The predicted octanol–water partition coefficient (Wildman–Crippen LogP) is 2.81. The van der Waals surface area contributed by atoms with E-state index < -0.39 is 16.1 Å². The van der Waals surface area contributed by atoms with E-state index in [1.54, 1.807) is 21.2 Å². The van der Waals surface area contributed by atoms with Gasteiger partial charge in [0, 0.05) is 15.3 Å². The van der Waals surface area contributed by atoms with E-state index in [0.29, 0.717) is 0 Å². The maximum atomic E-state index is 2.52. The van der Waals surface area contributed by atoms with Crippen LogP contribution >= 0.6 is 11.3 Å². The molecule has 4 aromatic rings. The van der Waals surface area contributed by atoms with Crippen molar-refractivity contribution < 1.29 is 51.0 Å². The summed E-state index contributed by atoms with van der Waals surface area (Å²) < 4.78 is 0. The number of benzene rings is 2. The summed E-state index contributed by atoms with van der Waals surface area (Å²) in [5, 5.41) is 6.00. The zero-order valence-corrected chi connectivity index (χ0v) is 29.3. The first-order chi connectivity index (χ1) is 15.5. The predicted molar refractivity (Wildman–Crippen MR) is 155 cm³/mol. The van der Waals surface area contributed by atoms with Crippen molar-refractivity contribution in [2.24, 2.45) is 0 Å². The summed E-state index contributed by atoms with van der Waals surface area (Å²) in [6.07, 6.45) is 0. The normalized spacial score (nSPS) is 16.6. The first-order valence-corrected chi connectivity index (χ1v) is 19.5. The van der Waals surface area contributed by atoms with Gasteiger partial charge in [0.1, 0.15) is 0 Å². The Morgan fingerprint density at radius 1 is 0.861 bits per heavy atom. The van der Waals surface area contributed by atoms with Gasteiger partial charge in [-0.25, -0.2) is 0 Å². The Morgan fingerprint density at radius 2 is 1.50 bits per heavy atom. The minimum absolute atomic E-state index is 0. The van der Waals surface area contributed by atoms with Gasteiger partial charge >= 0.3 is 26.2 Å². The van der Waals surface area contributed by atoms with Gasteiger partial charge in [-0.1, -0.05) is 91.5 Å². The van der Waals surface area contributed by atoms with Gasteiger partial charge in [-0.2, -0.15) is 6.07 Å². The first kappa shape index (κ1) is 31.6. The average Bonchev–Trinajstić information content (AvgIpc) is 3.41. The SMILES string of the molecule is CC1=C2c3cc(C)sc3C1[Si]2(C)C.Cc1cc2c(-c3ccc([Si](C)(C)C)cc3)cccc2[cH-]1.[Cl-].[Cl-].[Zr+3]. The molecular formula is C30H35Cl2SSi2Zr. The van der Waals surface area contributed by atoms with Crippen LogP contribution in [0.4, 0.5) is 0 Å². The number of fused-ring (bicyclic) bond motifs is 1. The van der Waals surface area contributed by atoms with E-state index in [1.165, 1.54) is 37.5 Å². The van der Waals surface area contributed by atoms with Crippen molar-refractivity contribution in [1.82, 2.24) is 0 Å². The van der Waals surface area contributed by atoms with Gasteiger partial charge in [0.25, 0.3) is 0 Å². The first-order valence-electron chi connectivity index (χ1n) is 12.1. The van der Waals surface area contributed by atoms with Crippen LogP contribution in [0.25, 0.3) is 27.1 Å². The number of aryl methyl sites for hydroxylation is 2. The zero-order valence-electron chi connectivity index (χ0n) is 22.5. The Labute approximate surface area is 254 Å². The molecule has 36 heavy (non-hydrogen) atoms.